The molecule has 0 heterocycles. The van der Waals surface area contributed by atoms with Gasteiger partial charge in [0.15, 0.2) is 11.6 Å². The molecule has 1 nitrogen and oxygen atoms in total. The minimum absolute atomic E-state index is 0.333. The van der Waals surface area contributed by atoms with Crippen LogP contribution in [0, 0.1) is 47.9 Å². The van der Waals surface area contributed by atoms with E-state index >= 15 is 0 Å². The molecule has 3 rings (SSSR count). The predicted molar refractivity (Wildman–Crippen MR) is 92.4 cm³/mol. The van der Waals surface area contributed by atoms with Crippen LogP contribution in [0.3, 0.4) is 0 Å². The summed E-state index contributed by atoms with van der Waals surface area (Å²) in [5.74, 6) is -7.51. The number of rotatable bonds is 3. The molecule has 0 aliphatic heterocycles. The average molecular weight is 466 g/mol. The number of ether oxygens (including phenoxy) is 1. The molecule has 0 spiro atoms. The predicted octanol–water partition coefficient (Wildman–Crippen LogP) is 6.89. The van der Waals surface area contributed by atoms with Crippen LogP contribution in [0.4, 0.5) is 43.9 Å². The minimum Gasteiger partial charge on any atom is -0.429 e. The van der Waals surface area contributed by atoms with Gasteiger partial charge in [-0.3, -0.25) is 0 Å². The van der Waals surface area contributed by atoms with Crippen LogP contribution in [0.15, 0.2) is 30.3 Å². The summed E-state index contributed by atoms with van der Waals surface area (Å²) >= 11 is 0. The summed E-state index contributed by atoms with van der Waals surface area (Å²) in [5, 5.41) is -0.922. The zero-order valence-electron chi connectivity index (χ0n) is 15.6. The Morgan fingerprint density at radius 1 is 0.781 bits per heavy atom. The molecule has 0 amide bonds. The van der Waals surface area contributed by atoms with Crippen LogP contribution in [0.25, 0.3) is 10.8 Å². The second-order valence-electron chi connectivity index (χ2n) is 6.48. The lowest BCUT2D eigenvalue weighted by atomic mass is 10.0. The number of hydrogen-bond acceptors (Lipinski definition) is 1. The number of fused-ring (bicyclic) bond motifs is 1. The lowest BCUT2D eigenvalue weighted by Gasteiger charge is -2.20. The molecule has 0 N–H and O–H groups in total. The van der Waals surface area contributed by atoms with Crippen LogP contribution in [-0.4, -0.2) is 6.18 Å². The number of alkyl halides is 5. The van der Waals surface area contributed by atoms with Gasteiger partial charge in [0, 0.05) is 11.3 Å². The van der Waals surface area contributed by atoms with Gasteiger partial charge in [-0.2, -0.15) is 22.0 Å². The van der Waals surface area contributed by atoms with Crippen LogP contribution in [-0.2, 0) is 6.11 Å². The van der Waals surface area contributed by atoms with Gasteiger partial charge in [0.1, 0.15) is 28.8 Å². The summed E-state index contributed by atoms with van der Waals surface area (Å²) in [4.78, 5) is 0. The maximum absolute atomic E-state index is 14.4. The highest BCUT2D eigenvalue weighted by molar-refractivity contribution is 5.86. The Labute approximate surface area is 173 Å². The van der Waals surface area contributed by atoms with Gasteiger partial charge in [-0.25, -0.2) is 22.0 Å². The standard InChI is InChI=1S/C21H8F10O/c1-9-6-15(23)16(19(26)17(9)24)21(30,31)32-11-2-3-12-10(7-11)8-14(22)13(18(12)25)4-5-20(27,28)29/h2-3,6-8H,1H3. The Morgan fingerprint density at radius 2 is 1.44 bits per heavy atom. The molecule has 0 atom stereocenters. The van der Waals surface area contributed by atoms with E-state index in [0.29, 0.717) is 30.2 Å². The van der Waals surface area contributed by atoms with E-state index in [1.807, 2.05) is 0 Å². The molecular formula is C21H8F10O. The molecule has 32 heavy (non-hydrogen) atoms. The number of hydrogen-bond donors (Lipinski definition) is 0. The first-order chi connectivity index (χ1) is 14.7. The van der Waals surface area contributed by atoms with E-state index in [-0.39, 0.29) is 0 Å². The highest BCUT2D eigenvalue weighted by atomic mass is 19.4. The molecule has 0 saturated heterocycles. The molecule has 3 aromatic carbocycles. The molecule has 0 aliphatic carbocycles. The summed E-state index contributed by atoms with van der Waals surface area (Å²) in [7, 11) is 0. The first-order valence-electron chi connectivity index (χ1n) is 8.44. The Hall–Kier alpha value is -3.42. The molecule has 0 radical (unpaired) electrons. The molecule has 0 unspecified atom stereocenters. The van der Waals surface area contributed by atoms with E-state index in [9.17, 15) is 43.9 Å². The maximum atomic E-state index is 14.4. The largest absolute Gasteiger partial charge is 0.458 e. The molecular weight excluding hydrogens is 458 g/mol. The number of halogens is 10. The summed E-state index contributed by atoms with van der Waals surface area (Å²) in [5.41, 5.74) is -3.79. The first kappa shape index (κ1) is 23.2. The smallest absolute Gasteiger partial charge is 0.429 e. The fourth-order valence-corrected chi connectivity index (χ4v) is 2.80. The van der Waals surface area contributed by atoms with Crippen molar-refractivity contribution in [2.45, 2.75) is 19.2 Å². The Kier molecular flexibility index (Phi) is 5.76. The zero-order chi connectivity index (χ0) is 24.0. The second kappa shape index (κ2) is 7.93. The van der Waals surface area contributed by atoms with E-state index in [4.69, 9.17) is 0 Å². The third-order valence-electron chi connectivity index (χ3n) is 4.21. The van der Waals surface area contributed by atoms with Crippen molar-refractivity contribution in [3.8, 4) is 17.6 Å². The van der Waals surface area contributed by atoms with Crippen molar-refractivity contribution < 1.29 is 48.6 Å². The highest BCUT2D eigenvalue weighted by Gasteiger charge is 2.42. The fourth-order valence-electron chi connectivity index (χ4n) is 2.80. The minimum atomic E-state index is -5.02. The summed E-state index contributed by atoms with van der Waals surface area (Å²) in [6.45, 7) is 0.948. The molecule has 0 bridgehead atoms. The van der Waals surface area contributed by atoms with Crippen molar-refractivity contribution in [1.29, 1.82) is 0 Å². The van der Waals surface area contributed by atoms with Gasteiger partial charge in [0.05, 0.1) is 5.56 Å². The molecule has 0 aliphatic rings. The molecule has 0 aromatic heterocycles. The van der Waals surface area contributed by atoms with Crippen molar-refractivity contribution in [3.05, 3.63) is 76.1 Å². The van der Waals surface area contributed by atoms with Crippen molar-refractivity contribution >= 4 is 10.8 Å². The monoisotopic (exact) mass is 466 g/mol. The molecule has 3 aromatic rings. The van der Waals surface area contributed by atoms with Crippen molar-refractivity contribution in [2.24, 2.45) is 0 Å². The van der Waals surface area contributed by atoms with Crippen LogP contribution in [0.2, 0.25) is 0 Å². The fraction of sp³-hybridized carbons (Fsp3) is 0.143. The topological polar surface area (TPSA) is 9.23 Å². The Morgan fingerprint density at radius 3 is 2.06 bits per heavy atom. The maximum Gasteiger partial charge on any atom is 0.458 e. The Bertz CT molecular complexity index is 1280. The van der Waals surface area contributed by atoms with E-state index in [2.05, 4.69) is 4.74 Å². The second-order valence-corrected chi connectivity index (χ2v) is 6.48. The van der Waals surface area contributed by atoms with Crippen LogP contribution in [0.5, 0.6) is 5.75 Å². The van der Waals surface area contributed by atoms with Crippen LogP contribution in [0.1, 0.15) is 16.7 Å². The molecule has 168 valence electrons. The van der Waals surface area contributed by atoms with Gasteiger partial charge in [0.2, 0.25) is 0 Å². The molecule has 0 fully saturated rings. The van der Waals surface area contributed by atoms with Crippen molar-refractivity contribution in [2.75, 3.05) is 0 Å². The highest BCUT2D eigenvalue weighted by Crippen LogP contribution is 2.37. The summed E-state index contributed by atoms with van der Waals surface area (Å²) < 4.78 is 139. The van der Waals surface area contributed by atoms with Gasteiger partial charge < -0.3 is 4.74 Å². The lowest BCUT2D eigenvalue weighted by Crippen LogP contribution is -2.26. The third-order valence-corrected chi connectivity index (χ3v) is 4.21. The van der Waals surface area contributed by atoms with E-state index < -0.39 is 74.6 Å². The third kappa shape index (κ3) is 4.44. The zero-order valence-corrected chi connectivity index (χ0v) is 15.6. The van der Waals surface area contributed by atoms with Gasteiger partial charge in [-0.05, 0) is 48.2 Å². The van der Waals surface area contributed by atoms with E-state index in [1.54, 1.807) is 0 Å². The van der Waals surface area contributed by atoms with Crippen molar-refractivity contribution in [3.63, 3.8) is 0 Å². The Balaban J connectivity index is 2.05. The van der Waals surface area contributed by atoms with Gasteiger partial charge >= 0.3 is 12.3 Å². The number of aryl methyl sites for hydroxylation is 1. The van der Waals surface area contributed by atoms with Crippen LogP contribution >= 0.6 is 0 Å². The average Bonchev–Trinajstić information content (AvgIpc) is 2.64. The van der Waals surface area contributed by atoms with Crippen LogP contribution < -0.4 is 4.74 Å². The molecule has 11 heteroatoms. The van der Waals surface area contributed by atoms with E-state index in [1.165, 1.54) is 5.92 Å². The SMILES string of the molecule is Cc1cc(F)c(C(F)(F)Oc2ccc3c(F)c(C#CC(F)(F)F)c(F)cc3c2)c(F)c1F. The van der Waals surface area contributed by atoms with E-state index in [0.717, 1.165) is 13.0 Å². The first-order valence-corrected chi connectivity index (χ1v) is 8.44. The quantitative estimate of drug-likeness (QED) is 0.232. The summed E-state index contributed by atoms with van der Waals surface area (Å²) in [6.07, 6.45) is -9.75. The lowest BCUT2D eigenvalue weighted by molar-refractivity contribution is -0.189. The van der Waals surface area contributed by atoms with Gasteiger partial charge in [-0.15, -0.1) is 0 Å². The summed E-state index contributed by atoms with van der Waals surface area (Å²) in [6, 6.07) is 2.95. The number of benzene rings is 3. The van der Waals surface area contributed by atoms with Gasteiger partial charge in [0.25, 0.3) is 0 Å². The van der Waals surface area contributed by atoms with Gasteiger partial charge in [-0.1, -0.05) is 5.92 Å². The normalized spacial score (nSPS) is 12.0. The van der Waals surface area contributed by atoms with Crippen molar-refractivity contribution in [1.82, 2.24) is 0 Å². The molecule has 0 saturated carbocycles.